The fraction of sp³-hybridized carbons (Fsp3) is 1.00. The van der Waals surface area contributed by atoms with Gasteiger partial charge in [0.2, 0.25) is 0 Å². The zero-order chi connectivity index (χ0) is 13.8. The summed E-state index contributed by atoms with van der Waals surface area (Å²) in [5.74, 6) is 2.75. The molecule has 1 saturated heterocycles. The molecule has 0 aromatic heterocycles. The third-order valence-corrected chi connectivity index (χ3v) is 5.69. The van der Waals surface area contributed by atoms with E-state index in [0.29, 0.717) is 6.04 Å². The molecule has 2 rings (SSSR count). The summed E-state index contributed by atoms with van der Waals surface area (Å²) in [4.78, 5) is 2.77. The van der Waals surface area contributed by atoms with Crippen LogP contribution >= 0.6 is 0 Å². The van der Waals surface area contributed by atoms with Crippen molar-refractivity contribution in [3.05, 3.63) is 0 Å². The van der Waals surface area contributed by atoms with E-state index < -0.39 is 0 Å². The van der Waals surface area contributed by atoms with Crippen molar-refractivity contribution in [1.29, 1.82) is 0 Å². The lowest BCUT2D eigenvalue weighted by Crippen LogP contribution is -2.58. The van der Waals surface area contributed by atoms with Crippen LogP contribution in [0, 0.1) is 17.8 Å². The van der Waals surface area contributed by atoms with E-state index in [-0.39, 0.29) is 0 Å². The standard InChI is InChI=1S/C17H34N2/c1-5-14(3)17-12-19(15(4)10-18-17)11-16-8-6-13(2)7-9-16/h13-18H,5-12H2,1-4H3. The lowest BCUT2D eigenvalue weighted by atomic mass is 9.82. The number of nitrogens with zero attached hydrogens (tertiary/aromatic N) is 1. The first-order chi connectivity index (χ1) is 9.10. The maximum absolute atomic E-state index is 3.75. The SMILES string of the molecule is CCC(C)C1CN(CC2CCC(C)CC2)C(C)CN1. The average Bonchev–Trinajstić information content (AvgIpc) is 2.43. The highest BCUT2D eigenvalue weighted by Gasteiger charge is 2.30. The minimum absolute atomic E-state index is 0.712. The Morgan fingerprint density at radius 1 is 1.16 bits per heavy atom. The second kappa shape index (κ2) is 7.08. The van der Waals surface area contributed by atoms with E-state index in [0.717, 1.165) is 23.8 Å². The van der Waals surface area contributed by atoms with E-state index >= 15 is 0 Å². The molecule has 0 radical (unpaired) electrons. The second-order valence-electron chi connectivity index (χ2n) is 7.33. The van der Waals surface area contributed by atoms with Gasteiger partial charge < -0.3 is 5.32 Å². The molecule has 3 atom stereocenters. The summed E-state index contributed by atoms with van der Waals surface area (Å²) in [6.07, 6.45) is 7.14. The van der Waals surface area contributed by atoms with Crippen molar-refractivity contribution in [2.24, 2.45) is 17.8 Å². The molecule has 1 saturated carbocycles. The maximum Gasteiger partial charge on any atom is 0.0221 e. The van der Waals surface area contributed by atoms with Crippen LogP contribution in [0.15, 0.2) is 0 Å². The Morgan fingerprint density at radius 2 is 1.84 bits per heavy atom. The third-order valence-electron chi connectivity index (χ3n) is 5.69. The van der Waals surface area contributed by atoms with Crippen LogP contribution < -0.4 is 5.32 Å². The van der Waals surface area contributed by atoms with Crippen LogP contribution in [-0.2, 0) is 0 Å². The predicted octanol–water partition coefficient (Wildman–Crippen LogP) is 3.52. The van der Waals surface area contributed by atoms with Gasteiger partial charge in [-0.1, -0.05) is 40.0 Å². The Morgan fingerprint density at radius 3 is 2.47 bits per heavy atom. The molecule has 0 aromatic rings. The lowest BCUT2D eigenvalue weighted by molar-refractivity contribution is 0.0883. The normalized spacial score (nSPS) is 39.2. The molecule has 2 aliphatic rings. The van der Waals surface area contributed by atoms with Crippen molar-refractivity contribution in [2.75, 3.05) is 19.6 Å². The Hall–Kier alpha value is -0.0800. The molecule has 19 heavy (non-hydrogen) atoms. The van der Waals surface area contributed by atoms with Crippen LogP contribution in [0.4, 0.5) is 0 Å². The highest BCUT2D eigenvalue weighted by atomic mass is 15.2. The second-order valence-corrected chi connectivity index (χ2v) is 7.33. The number of rotatable bonds is 4. The molecule has 2 fully saturated rings. The number of hydrogen-bond donors (Lipinski definition) is 1. The summed E-state index contributed by atoms with van der Waals surface area (Å²) in [5.41, 5.74) is 0. The molecule has 1 aliphatic carbocycles. The van der Waals surface area contributed by atoms with Gasteiger partial charge in [0.05, 0.1) is 0 Å². The van der Waals surface area contributed by atoms with Gasteiger partial charge in [0.1, 0.15) is 0 Å². The Labute approximate surface area is 120 Å². The van der Waals surface area contributed by atoms with Gasteiger partial charge in [0.25, 0.3) is 0 Å². The molecule has 2 nitrogen and oxygen atoms in total. The van der Waals surface area contributed by atoms with E-state index in [2.05, 4.69) is 37.9 Å². The zero-order valence-corrected chi connectivity index (χ0v) is 13.5. The molecule has 0 amide bonds. The van der Waals surface area contributed by atoms with E-state index in [1.807, 2.05) is 0 Å². The fourth-order valence-electron chi connectivity index (χ4n) is 3.71. The van der Waals surface area contributed by atoms with Gasteiger partial charge in [0.15, 0.2) is 0 Å². The summed E-state index contributed by atoms with van der Waals surface area (Å²) in [5, 5.41) is 3.75. The van der Waals surface area contributed by atoms with Crippen molar-refractivity contribution >= 4 is 0 Å². The maximum atomic E-state index is 3.75. The van der Waals surface area contributed by atoms with Gasteiger partial charge in [-0.3, -0.25) is 4.90 Å². The molecule has 1 heterocycles. The fourth-order valence-corrected chi connectivity index (χ4v) is 3.71. The number of piperazine rings is 1. The van der Waals surface area contributed by atoms with Gasteiger partial charge in [-0.05, 0) is 37.5 Å². The minimum Gasteiger partial charge on any atom is -0.311 e. The van der Waals surface area contributed by atoms with Crippen LogP contribution in [0.3, 0.4) is 0 Å². The molecular weight excluding hydrogens is 232 g/mol. The summed E-state index contributed by atoms with van der Waals surface area (Å²) in [6, 6.07) is 1.43. The summed E-state index contributed by atoms with van der Waals surface area (Å²) >= 11 is 0. The molecule has 0 spiro atoms. The molecule has 112 valence electrons. The molecule has 0 bridgehead atoms. The first-order valence-corrected chi connectivity index (χ1v) is 8.57. The summed E-state index contributed by atoms with van der Waals surface area (Å²) < 4.78 is 0. The van der Waals surface area contributed by atoms with E-state index in [4.69, 9.17) is 0 Å². The third kappa shape index (κ3) is 4.19. The Kier molecular flexibility index (Phi) is 5.70. The minimum atomic E-state index is 0.712. The average molecular weight is 266 g/mol. The smallest absolute Gasteiger partial charge is 0.0221 e. The quantitative estimate of drug-likeness (QED) is 0.837. The molecular formula is C17H34N2. The van der Waals surface area contributed by atoms with Crippen molar-refractivity contribution in [3.8, 4) is 0 Å². The van der Waals surface area contributed by atoms with Crippen LogP contribution in [-0.4, -0.2) is 36.6 Å². The largest absolute Gasteiger partial charge is 0.311 e. The first kappa shape index (κ1) is 15.3. The van der Waals surface area contributed by atoms with Crippen molar-refractivity contribution in [3.63, 3.8) is 0 Å². The van der Waals surface area contributed by atoms with Crippen LogP contribution in [0.2, 0.25) is 0 Å². The van der Waals surface area contributed by atoms with Gasteiger partial charge in [-0.25, -0.2) is 0 Å². The van der Waals surface area contributed by atoms with Gasteiger partial charge in [0, 0.05) is 31.7 Å². The van der Waals surface area contributed by atoms with E-state index in [1.54, 1.807) is 0 Å². The van der Waals surface area contributed by atoms with Crippen LogP contribution in [0.25, 0.3) is 0 Å². The summed E-state index contributed by atoms with van der Waals surface area (Å²) in [6.45, 7) is 13.3. The highest BCUT2D eigenvalue weighted by Crippen LogP contribution is 2.29. The molecule has 1 aliphatic heterocycles. The van der Waals surface area contributed by atoms with Crippen molar-refractivity contribution in [1.82, 2.24) is 10.2 Å². The number of nitrogens with one attached hydrogen (secondary N) is 1. The lowest BCUT2D eigenvalue weighted by Gasteiger charge is -2.43. The predicted molar refractivity (Wildman–Crippen MR) is 83.4 cm³/mol. The van der Waals surface area contributed by atoms with Gasteiger partial charge >= 0.3 is 0 Å². The molecule has 3 unspecified atom stereocenters. The Bertz CT molecular complexity index is 258. The van der Waals surface area contributed by atoms with Crippen LogP contribution in [0.5, 0.6) is 0 Å². The summed E-state index contributed by atoms with van der Waals surface area (Å²) in [7, 11) is 0. The van der Waals surface area contributed by atoms with E-state index in [9.17, 15) is 0 Å². The first-order valence-electron chi connectivity index (χ1n) is 8.57. The van der Waals surface area contributed by atoms with Crippen molar-refractivity contribution in [2.45, 2.75) is 71.9 Å². The molecule has 1 N–H and O–H groups in total. The monoisotopic (exact) mass is 266 g/mol. The molecule has 2 heteroatoms. The molecule has 0 aromatic carbocycles. The highest BCUT2D eigenvalue weighted by molar-refractivity contribution is 4.87. The number of hydrogen-bond acceptors (Lipinski definition) is 2. The van der Waals surface area contributed by atoms with E-state index in [1.165, 1.54) is 51.7 Å². The van der Waals surface area contributed by atoms with Gasteiger partial charge in [-0.15, -0.1) is 0 Å². The topological polar surface area (TPSA) is 15.3 Å². The van der Waals surface area contributed by atoms with Crippen molar-refractivity contribution < 1.29 is 0 Å². The van der Waals surface area contributed by atoms with Crippen LogP contribution in [0.1, 0.15) is 59.8 Å². The Balaban J connectivity index is 1.83. The zero-order valence-electron chi connectivity index (χ0n) is 13.5. The van der Waals surface area contributed by atoms with Gasteiger partial charge in [-0.2, -0.15) is 0 Å².